The second kappa shape index (κ2) is 5.32. The molecule has 1 amide bonds. The van der Waals surface area contributed by atoms with Gasteiger partial charge < -0.3 is 11.1 Å². The van der Waals surface area contributed by atoms with E-state index in [1.807, 2.05) is 18.2 Å². The lowest BCUT2D eigenvalue weighted by molar-refractivity contribution is 0.1000. The molecular weight excluding hydrogens is 212 g/mol. The van der Waals surface area contributed by atoms with E-state index in [0.29, 0.717) is 11.6 Å². The maximum Gasteiger partial charge on any atom is 0.248 e. The lowest BCUT2D eigenvalue weighted by Gasteiger charge is -2.13. The highest BCUT2D eigenvalue weighted by molar-refractivity contribution is 5.92. The molecule has 3 nitrogen and oxygen atoms in total. The lowest BCUT2D eigenvalue weighted by Crippen LogP contribution is -2.26. The Morgan fingerprint density at radius 2 is 2.29 bits per heavy atom. The summed E-state index contributed by atoms with van der Waals surface area (Å²) in [5.74, 6) is 0.576. The number of nitrogens with two attached hydrogens (primary N) is 1. The predicted octanol–water partition coefficient (Wildman–Crippen LogP) is 2.06. The number of amides is 1. The van der Waals surface area contributed by atoms with Gasteiger partial charge in [0, 0.05) is 18.2 Å². The summed E-state index contributed by atoms with van der Waals surface area (Å²) in [5, 5.41) is 3.48. The maximum atomic E-state index is 11.0. The Labute approximate surface area is 102 Å². The first-order chi connectivity index (χ1) is 8.15. The molecule has 1 aliphatic rings. The van der Waals surface area contributed by atoms with Crippen LogP contribution in [0.5, 0.6) is 0 Å². The zero-order chi connectivity index (χ0) is 12.3. The SMILES string of the molecule is CC(CC1CC1)NCc1cccc(C(N)=O)c1. The summed E-state index contributed by atoms with van der Waals surface area (Å²) in [4.78, 5) is 11.0. The van der Waals surface area contributed by atoms with Crippen molar-refractivity contribution in [3.63, 3.8) is 0 Å². The highest BCUT2D eigenvalue weighted by Gasteiger charge is 2.23. The molecule has 0 aliphatic heterocycles. The van der Waals surface area contributed by atoms with Crippen LogP contribution in [0, 0.1) is 5.92 Å². The first-order valence-electron chi connectivity index (χ1n) is 6.27. The minimum Gasteiger partial charge on any atom is -0.366 e. The molecule has 0 heterocycles. The van der Waals surface area contributed by atoms with Gasteiger partial charge in [-0.05, 0) is 37.0 Å². The first kappa shape index (κ1) is 12.1. The predicted molar refractivity (Wildman–Crippen MR) is 68.6 cm³/mol. The van der Waals surface area contributed by atoms with Gasteiger partial charge in [-0.2, -0.15) is 0 Å². The van der Waals surface area contributed by atoms with Crippen molar-refractivity contribution in [3.05, 3.63) is 35.4 Å². The van der Waals surface area contributed by atoms with E-state index in [1.165, 1.54) is 19.3 Å². The summed E-state index contributed by atoms with van der Waals surface area (Å²) < 4.78 is 0. The van der Waals surface area contributed by atoms with Crippen LogP contribution in [0.2, 0.25) is 0 Å². The van der Waals surface area contributed by atoms with E-state index in [2.05, 4.69) is 12.2 Å². The zero-order valence-corrected chi connectivity index (χ0v) is 10.3. The van der Waals surface area contributed by atoms with Gasteiger partial charge in [0.05, 0.1) is 0 Å². The van der Waals surface area contributed by atoms with Crippen LogP contribution < -0.4 is 11.1 Å². The number of hydrogen-bond acceptors (Lipinski definition) is 2. The van der Waals surface area contributed by atoms with Crippen LogP contribution in [0.25, 0.3) is 0 Å². The molecule has 0 radical (unpaired) electrons. The molecule has 1 aliphatic carbocycles. The summed E-state index contributed by atoms with van der Waals surface area (Å²) in [7, 11) is 0. The second-order valence-electron chi connectivity index (χ2n) is 5.03. The number of benzene rings is 1. The molecule has 2 rings (SSSR count). The Balaban J connectivity index is 1.84. The van der Waals surface area contributed by atoms with Crippen LogP contribution in [-0.2, 0) is 6.54 Å². The third-order valence-corrected chi connectivity index (χ3v) is 3.25. The largest absolute Gasteiger partial charge is 0.366 e. The van der Waals surface area contributed by atoms with Crippen molar-refractivity contribution < 1.29 is 4.79 Å². The normalized spacial score (nSPS) is 16.8. The highest BCUT2D eigenvalue weighted by Crippen LogP contribution is 2.33. The van der Waals surface area contributed by atoms with Crippen molar-refractivity contribution in [2.75, 3.05) is 0 Å². The number of hydrogen-bond donors (Lipinski definition) is 2. The highest BCUT2D eigenvalue weighted by atomic mass is 16.1. The molecule has 1 unspecified atom stereocenters. The first-order valence-corrected chi connectivity index (χ1v) is 6.27. The standard InChI is InChI=1S/C14H20N2O/c1-10(7-11-5-6-11)16-9-12-3-2-4-13(8-12)14(15)17/h2-4,8,10-11,16H,5-7,9H2,1H3,(H2,15,17). The van der Waals surface area contributed by atoms with Gasteiger partial charge in [-0.1, -0.05) is 25.0 Å². The molecule has 0 saturated heterocycles. The lowest BCUT2D eigenvalue weighted by atomic mass is 10.1. The van der Waals surface area contributed by atoms with Crippen LogP contribution in [0.1, 0.15) is 42.1 Å². The fourth-order valence-corrected chi connectivity index (χ4v) is 2.06. The number of carbonyl (C=O) groups excluding carboxylic acids is 1. The average Bonchev–Trinajstić information content (AvgIpc) is 3.11. The molecule has 0 aromatic heterocycles. The maximum absolute atomic E-state index is 11.0. The molecule has 1 aromatic rings. The molecule has 1 saturated carbocycles. The van der Waals surface area contributed by atoms with Crippen LogP contribution in [-0.4, -0.2) is 11.9 Å². The third kappa shape index (κ3) is 3.86. The van der Waals surface area contributed by atoms with Gasteiger partial charge in [-0.15, -0.1) is 0 Å². The summed E-state index contributed by atoms with van der Waals surface area (Å²) in [6.45, 7) is 3.02. The fourth-order valence-electron chi connectivity index (χ4n) is 2.06. The monoisotopic (exact) mass is 232 g/mol. The minimum absolute atomic E-state index is 0.363. The van der Waals surface area contributed by atoms with Crippen molar-refractivity contribution in [1.82, 2.24) is 5.32 Å². The van der Waals surface area contributed by atoms with Gasteiger partial charge in [-0.25, -0.2) is 0 Å². The van der Waals surface area contributed by atoms with E-state index in [9.17, 15) is 4.79 Å². The number of rotatable bonds is 6. The Hall–Kier alpha value is -1.35. The third-order valence-electron chi connectivity index (χ3n) is 3.25. The van der Waals surface area contributed by atoms with Crippen molar-refractivity contribution in [1.29, 1.82) is 0 Å². The second-order valence-corrected chi connectivity index (χ2v) is 5.03. The Morgan fingerprint density at radius 3 is 2.94 bits per heavy atom. The van der Waals surface area contributed by atoms with Gasteiger partial charge in [0.25, 0.3) is 0 Å². The molecule has 1 atom stereocenters. The van der Waals surface area contributed by atoms with Gasteiger partial charge in [0.1, 0.15) is 0 Å². The molecule has 17 heavy (non-hydrogen) atoms. The summed E-state index contributed by atoms with van der Waals surface area (Å²) >= 11 is 0. The summed E-state index contributed by atoms with van der Waals surface area (Å²) in [5.41, 5.74) is 6.95. The van der Waals surface area contributed by atoms with Crippen molar-refractivity contribution in [2.24, 2.45) is 11.7 Å². The number of primary amides is 1. The topological polar surface area (TPSA) is 55.1 Å². The number of nitrogens with one attached hydrogen (secondary N) is 1. The van der Waals surface area contributed by atoms with E-state index >= 15 is 0 Å². The Morgan fingerprint density at radius 1 is 1.53 bits per heavy atom. The van der Waals surface area contributed by atoms with E-state index in [1.54, 1.807) is 6.07 Å². The van der Waals surface area contributed by atoms with E-state index in [0.717, 1.165) is 18.0 Å². The van der Waals surface area contributed by atoms with Crippen LogP contribution in [0.4, 0.5) is 0 Å². The number of carbonyl (C=O) groups is 1. The molecule has 0 spiro atoms. The average molecular weight is 232 g/mol. The fraction of sp³-hybridized carbons (Fsp3) is 0.500. The van der Waals surface area contributed by atoms with Crippen molar-refractivity contribution >= 4 is 5.91 Å². The van der Waals surface area contributed by atoms with Gasteiger partial charge in [0.15, 0.2) is 0 Å². The molecule has 0 bridgehead atoms. The Bertz CT molecular complexity index is 399. The van der Waals surface area contributed by atoms with Gasteiger partial charge >= 0.3 is 0 Å². The van der Waals surface area contributed by atoms with Crippen LogP contribution in [0.15, 0.2) is 24.3 Å². The zero-order valence-electron chi connectivity index (χ0n) is 10.3. The van der Waals surface area contributed by atoms with E-state index in [-0.39, 0.29) is 5.91 Å². The minimum atomic E-state index is -0.363. The molecule has 3 heteroatoms. The van der Waals surface area contributed by atoms with Crippen molar-refractivity contribution in [2.45, 2.75) is 38.8 Å². The van der Waals surface area contributed by atoms with Crippen molar-refractivity contribution in [3.8, 4) is 0 Å². The molecule has 1 fully saturated rings. The van der Waals surface area contributed by atoms with Gasteiger partial charge in [0.2, 0.25) is 5.91 Å². The molecule has 1 aromatic carbocycles. The molecule has 92 valence electrons. The Kier molecular flexibility index (Phi) is 3.79. The summed E-state index contributed by atoms with van der Waals surface area (Å²) in [6.07, 6.45) is 4.04. The smallest absolute Gasteiger partial charge is 0.248 e. The molecule has 3 N–H and O–H groups in total. The molecular formula is C14H20N2O. The van der Waals surface area contributed by atoms with Crippen LogP contribution >= 0.6 is 0 Å². The van der Waals surface area contributed by atoms with E-state index < -0.39 is 0 Å². The van der Waals surface area contributed by atoms with Gasteiger partial charge in [-0.3, -0.25) is 4.79 Å². The summed E-state index contributed by atoms with van der Waals surface area (Å²) in [6, 6.07) is 8.05. The van der Waals surface area contributed by atoms with Crippen LogP contribution in [0.3, 0.4) is 0 Å². The van der Waals surface area contributed by atoms with E-state index in [4.69, 9.17) is 5.73 Å². The quantitative estimate of drug-likeness (QED) is 0.788.